The Morgan fingerprint density at radius 3 is 2.12 bits per heavy atom. The maximum atomic E-state index is 13.2. The van der Waals surface area contributed by atoms with E-state index < -0.39 is 32.1 Å². The van der Waals surface area contributed by atoms with Gasteiger partial charge in [-0.1, -0.05) is 26.0 Å². The van der Waals surface area contributed by atoms with Crippen LogP contribution in [0.25, 0.3) is 0 Å². The van der Waals surface area contributed by atoms with Crippen molar-refractivity contribution >= 4 is 15.7 Å². The van der Waals surface area contributed by atoms with Gasteiger partial charge in [0.1, 0.15) is 5.82 Å². The third-order valence-corrected chi connectivity index (χ3v) is 4.92. The Hall–Kier alpha value is -2.13. The quantitative estimate of drug-likeness (QED) is 0.761. The zero-order valence-electron chi connectivity index (χ0n) is 14.1. The van der Waals surface area contributed by atoms with E-state index in [1.165, 1.54) is 18.2 Å². The molecule has 0 amide bonds. The van der Waals surface area contributed by atoms with E-state index in [2.05, 4.69) is 5.32 Å². The fraction of sp³-hybridized carbons (Fsp3) is 0.294. The van der Waals surface area contributed by atoms with Crippen LogP contribution < -0.4 is 10.5 Å². The Labute approximate surface area is 149 Å². The van der Waals surface area contributed by atoms with Crippen LogP contribution in [0.3, 0.4) is 0 Å². The minimum atomic E-state index is -4.87. The van der Waals surface area contributed by atoms with E-state index in [0.717, 1.165) is 11.6 Å². The van der Waals surface area contributed by atoms with Crippen molar-refractivity contribution in [3.63, 3.8) is 0 Å². The highest BCUT2D eigenvalue weighted by molar-refractivity contribution is 7.89. The number of benzene rings is 2. The molecule has 4 nitrogen and oxygen atoms in total. The van der Waals surface area contributed by atoms with Crippen LogP contribution in [-0.2, 0) is 21.6 Å². The molecule has 0 heterocycles. The summed E-state index contributed by atoms with van der Waals surface area (Å²) in [6.07, 6.45) is -4.87. The Bertz CT molecular complexity index is 892. The summed E-state index contributed by atoms with van der Waals surface area (Å²) in [6, 6.07) is 8.56. The summed E-state index contributed by atoms with van der Waals surface area (Å²) in [7, 11) is -4.51. The molecule has 0 saturated heterocycles. The molecule has 0 fully saturated rings. The second kappa shape index (κ2) is 6.88. The van der Waals surface area contributed by atoms with Gasteiger partial charge < -0.3 is 5.32 Å². The first-order valence-corrected chi connectivity index (χ1v) is 9.09. The molecule has 0 bridgehead atoms. The highest BCUT2D eigenvalue weighted by Crippen LogP contribution is 2.36. The molecule has 0 aromatic heterocycles. The molecule has 2 aromatic rings. The van der Waals surface area contributed by atoms with Crippen molar-refractivity contribution in [1.29, 1.82) is 0 Å². The Morgan fingerprint density at radius 1 is 1.04 bits per heavy atom. The second-order valence-electron chi connectivity index (χ2n) is 6.50. The summed E-state index contributed by atoms with van der Waals surface area (Å²) in [5.74, 6) is -0.383. The average molecular weight is 390 g/mol. The molecule has 0 unspecified atom stereocenters. The van der Waals surface area contributed by atoms with Gasteiger partial charge in [-0.15, -0.1) is 0 Å². The van der Waals surface area contributed by atoms with Gasteiger partial charge in [-0.3, -0.25) is 0 Å². The van der Waals surface area contributed by atoms with Crippen LogP contribution in [0.4, 0.5) is 23.2 Å². The van der Waals surface area contributed by atoms with Gasteiger partial charge in [-0.2, -0.15) is 13.2 Å². The molecular formula is C17H18F4N2O2S. The normalized spacial score (nSPS) is 12.9. The number of hydrogen-bond acceptors (Lipinski definition) is 3. The third-order valence-electron chi connectivity index (χ3n) is 3.95. The van der Waals surface area contributed by atoms with Gasteiger partial charge in [0, 0.05) is 17.6 Å². The molecule has 0 atom stereocenters. The minimum Gasteiger partial charge on any atom is -0.384 e. The monoisotopic (exact) mass is 390 g/mol. The molecular weight excluding hydrogens is 372 g/mol. The molecule has 2 rings (SSSR count). The van der Waals surface area contributed by atoms with E-state index in [1.807, 2.05) is 13.8 Å². The molecule has 0 aliphatic carbocycles. The summed E-state index contributed by atoms with van der Waals surface area (Å²) < 4.78 is 75.2. The molecule has 142 valence electrons. The summed E-state index contributed by atoms with van der Waals surface area (Å²) in [4.78, 5) is -0.978. The highest BCUT2D eigenvalue weighted by Gasteiger charge is 2.36. The van der Waals surface area contributed by atoms with Crippen LogP contribution in [0.1, 0.15) is 25.0 Å². The van der Waals surface area contributed by atoms with E-state index in [4.69, 9.17) is 5.14 Å². The number of nitrogens with two attached hydrogens (primary N) is 1. The summed E-state index contributed by atoms with van der Waals surface area (Å²) >= 11 is 0. The van der Waals surface area contributed by atoms with Crippen molar-refractivity contribution in [2.24, 2.45) is 5.14 Å². The van der Waals surface area contributed by atoms with Crippen LogP contribution in [0.5, 0.6) is 0 Å². The van der Waals surface area contributed by atoms with E-state index in [9.17, 15) is 26.0 Å². The summed E-state index contributed by atoms with van der Waals surface area (Å²) in [6.45, 7) is 3.93. The maximum absolute atomic E-state index is 13.2. The number of anilines is 1. The lowest BCUT2D eigenvalue weighted by atomic mass is 9.84. The maximum Gasteiger partial charge on any atom is 0.417 e. The van der Waals surface area contributed by atoms with Crippen molar-refractivity contribution in [2.75, 3.05) is 11.9 Å². The lowest BCUT2D eigenvalue weighted by Crippen LogP contribution is -2.28. The first-order chi connectivity index (χ1) is 11.8. The lowest BCUT2D eigenvalue weighted by molar-refractivity contribution is -0.139. The highest BCUT2D eigenvalue weighted by atomic mass is 32.2. The number of sulfonamides is 1. The van der Waals surface area contributed by atoms with Crippen LogP contribution in [-0.4, -0.2) is 15.0 Å². The number of primary sulfonamides is 1. The van der Waals surface area contributed by atoms with Gasteiger partial charge in [0.05, 0.1) is 10.5 Å². The van der Waals surface area contributed by atoms with Crippen LogP contribution >= 0.6 is 0 Å². The molecule has 26 heavy (non-hydrogen) atoms. The Balaban J connectivity index is 2.29. The zero-order chi connectivity index (χ0) is 19.8. The number of alkyl halides is 3. The molecule has 3 N–H and O–H groups in total. The number of rotatable bonds is 5. The molecule has 0 aliphatic rings. The van der Waals surface area contributed by atoms with Gasteiger partial charge in [0.25, 0.3) is 0 Å². The van der Waals surface area contributed by atoms with Gasteiger partial charge in [0.15, 0.2) is 0 Å². The number of nitrogens with one attached hydrogen (secondary N) is 1. The molecule has 0 radical (unpaired) electrons. The van der Waals surface area contributed by atoms with Crippen LogP contribution in [0, 0.1) is 5.82 Å². The Kier molecular flexibility index (Phi) is 5.34. The second-order valence-corrected chi connectivity index (χ2v) is 8.03. The smallest absolute Gasteiger partial charge is 0.384 e. The summed E-state index contributed by atoms with van der Waals surface area (Å²) in [5, 5.41) is 7.72. The molecule has 0 saturated carbocycles. The first-order valence-electron chi connectivity index (χ1n) is 7.55. The number of halogens is 4. The van der Waals surface area contributed by atoms with Crippen molar-refractivity contribution in [3.05, 3.63) is 59.4 Å². The molecule has 0 aliphatic heterocycles. The van der Waals surface area contributed by atoms with Gasteiger partial charge >= 0.3 is 6.18 Å². The van der Waals surface area contributed by atoms with Gasteiger partial charge in [0.2, 0.25) is 10.0 Å². The van der Waals surface area contributed by atoms with Crippen molar-refractivity contribution in [3.8, 4) is 0 Å². The lowest BCUT2D eigenvalue weighted by Gasteiger charge is -2.26. The topological polar surface area (TPSA) is 72.2 Å². The standard InChI is InChI=1S/C17H18F4N2O2S/c1-16(2,11-3-5-12(18)6-4-11)10-23-13-7-8-15(26(22,24)25)14(9-13)17(19,20)21/h3-9,23H,10H2,1-2H3,(H2,22,24,25). The van der Waals surface area contributed by atoms with E-state index >= 15 is 0 Å². The molecule has 0 spiro atoms. The van der Waals surface area contributed by atoms with Crippen molar-refractivity contribution in [1.82, 2.24) is 0 Å². The summed E-state index contributed by atoms with van der Waals surface area (Å²) in [5.41, 5.74) is -0.946. The molecule has 2 aromatic carbocycles. The largest absolute Gasteiger partial charge is 0.417 e. The number of hydrogen-bond donors (Lipinski definition) is 2. The predicted molar refractivity (Wildman–Crippen MR) is 90.7 cm³/mol. The fourth-order valence-electron chi connectivity index (χ4n) is 2.44. The van der Waals surface area contributed by atoms with E-state index in [0.29, 0.717) is 6.07 Å². The molecule has 9 heteroatoms. The fourth-order valence-corrected chi connectivity index (χ4v) is 3.17. The zero-order valence-corrected chi connectivity index (χ0v) is 14.9. The Morgan fingerprint density at radius 2 is 1.62 bits per heavy atom. The van der Waals surface area contributed by atoms with Crippen molar-refractivity contribution < 1.29 is 26.0 Å². The van der Waals surface area contributed by atoms with Gasteiger partial charge in [-0.05, 0) is 35.9 Å². The minimum absolute atomic E-state index is 0.0971. The average Bonchev–Trinajstić information content (AvgIpc) is 2.51. The van der Waals surface area contributed by atoms with Gasteiger partial charge in [-0.25, -0.2) is 17.9 Å². The third kappa shape index (κ3) is 4.73. The predicted octanol–water partition coefficient (Wildman–Crippen LogP) is 3.88. The van der Waals surface area contributed by atoms with Crippen LogP contribution in [0.2, 0.25) is 0 Å². The van der Waals surface area contributed by atoms with Crippen molar-refractivity contribution in [2.45, 2.75) is 30.3 Å². The van der Waals surface area contributed by atoms with Crippen LogP contribution in [0.15, 0.2) is 47.4 Å². The van der Waals surface area contributed by atoms with E-state index in [-0.39, 0.29) is 18.0 Å². The van der Waals surface area contributed by atoms with E-state index in [1.54, 1.807) is 12.1 Å². The first kappa shape index (κ1) is 20.2. The SMILES string of the molecule is CC(C)(CNc1ccc(S(N)(=O)=O)c(C(F)(F)F)c1)c1ccc(F)cc1.